The number of esters is 1. The Kier molecular flexibility index (Phi) is 5.18. The van der Waals surface area contributed by atoms with Crippen LogP contribution in [0, 0.1) is 6.92 Å². The van der Waals surface area contributed by atoms with Crippen LogP contribution in [0.1, 0.15) is 25.7 Å². The average molecular weight is 369 g/mol. The Hall–Kier alpha value is -3.33. The number of ether oxygens (including phenoxy) is 1. The lowest BCUT2D eigenvalue weighted by atomic mass is 10.2. The van der Waals surface area contributed by atoms with E-state index in [4.69, 9.17) is 0 Å². The second-order valence-electron chi connectivity index (χ2n) is 5.15. The van der Waals surface area contributed by atoms with E-state index in [9.17, 15) is 9.59 Å². The molecular formula is C17H15N5O3S. The van der Waals surface area contributed by atoms with Crippen LogP contribution < -0.4 is 10.6 Å². The second kappa shape index (κ2) is 7.70. The van der Waals surface area contributed by atoms with Gasteiger partial charge in [0, 0.05) is 28.5 Å². The number of benzene rings is 1. The van der Waals surface area contributed by atoms with Crippen LogP contribution >= 0.6 is 11.3 Å². The largest absolute Gasteiger partial charge is 0.464 e. The van der Waals surface area contributed by atoms with Crippen molar-refractivity contribution in [2.45, 2.75) is 6.92 Å². The number of rotatable bonds is 5. The summed E-state index contributed by atoms with van der Waals surface area (Å²) >= 11 is 1.21. The Bertz CT molecular complexity index is 943. The molecule has 0 unspecified atom stereocenters. The standard InChI is InChI=1S/C17H15N5O3S/c1-10-13(15(24)25-2)21-17(26-10)22-14(23)11-5-3-6-12(9-11)20-16-18-7-4-8-19-16/h3-9H,1-2H3,(H,18,19,20)(H,21,22,23). The van der Waals surface area contributed by atoms with Crippen LogP contribution in [-0.4, -0.2) is 33.9 Å². The van der Waals surface area contributed by atoms with Crippen LogP contribution in [0.2, 0.25) is 0 Å². The smallest absolute Gasteiger partial charge is 0.357 e. The average Bonchev–Trinajstić information content (AvgIpc) is 3.02. The third-order valence-corrected chi connectivity index (χ3v) is 4.23. The minimum absolute atomic E-state index is 0.199. The van der Waals surface area contributed by atoms with Gasteiger partial charge in [-0.25, -0.2) is 19.7 Å². The molecule has 26 heavy (non-hydrogen) atoms. The third-order valence-electron chi connectivity index (χ3n) is 3.34. The monoisotopic (exact) mass is 369 g/mol. The van der Waals surface area contributed by atoms with E-state index in [0.717, 1.165) is 0 Å². The molecular weight excluding hydrogens is 354 g/mol. The van der Waals surface area contributed by atoms with Gasteiger partial charge in [0.25, 0.3) is 5.91 Å². The second-order valence-corrected chi connectivity index (χ2v) is 6.35. The van der Waals surface area contributed by atoms with Crippen LogP contribution in [0.15, 0.2) is 42.7 Å². The predicted molar refractivity (Wildman–Crippen MR) is 97.9 cm³/mol. The van der Waals surface area contributed by atoms with Gasteiger partial charge in [-0.3, -0.25) is 10.1 Å². The van der Waals surface area contributed by atoms with Gasteiger partial charge in [-0.2, -0.15) is 0 Å². The summed E-state index contributed by atoms with van der Waals surface area (Å²) in [7, 11) is 1.29. The van der Waals surface area contributed by atoms with Gasteiger partial charge < -0.3 is 10.1 Å². The van der Waals surface area contributed by atoms with Crippen molar-refractivity contribution < 1.29 is 14.3 Å². The van der Waals surface area contributed by atoms with Gasteiger partial charge in [-0.05, 0) is 31.2 Å². The molecule has 0 radical (unpaired) electrons. The van der Waals surface area contributed by atoms with Gasteiger partial charge in [0.05, 0.1) is 7.11 Å². The number of hydrogen-bond donors (Lipinski definition) is 2. The van der Waals surface area contributed by atoms with Crippen LogP contribution in [-0.2, 0) is 4.74 Å². The number of hydrogen-bond acceptors (Lipinski definition) is 8. The highest BCUT2D eigenvalue weighted by atomic mass is 32.1. The molecule has 2 heterocycles. The number of anilines is 3. The van der Waals surface area contributed by atoms with Gasteiger partial charge >= 0.3 is 5.97 Å². The van der Waals surface area contributed by atoms with E-state index >= 15 is 0 Å². The molecule has 0 fully saturated rings. The zero-order valence-corrected chi connectivity index (χ0v) is 14.8. The lowest BCUT2D eigenvalue weighted by Gasteiger charge is -2.06. The van der Waals surface area contributed by atoms with Crippen molar-refractivity contribution in [3.63, 3.8) is 0 Å². The number of carbonyl (C=O) groups is 2. The molecule has 1 amide bonds. The number of aromatic nitrogens is 3. The molecule has 0 aliphatic carbocycles. The Morgan fingerprint density at radius 3 is 2.65 bits per heavy atom. The molecule has 3 aromatic rings. The number of thiazole rings is 1. The van der Waals surface area contributed by atoms with Crippen molar-refractivity contribution in [3.05, 3.63) is 58.9 Å². The first-order valence-electron chi connectivity index (χ1n) is 7.58. The summed E-state index contributed by atoms with van der Waals surface area (Å²) in [5, 5.41) is 6.04. The number of amides is 1. The molecule has 0 saturated carbocycles. The number of nitrogens with zero attached hydrogens (tertiary/aromatic N) is 3. The van der Waals surface area contributed by atoms with E-state index in [2.05, 4.69) is 30.3 Å². The molecule has 0 atom stereocenters. The lowest BCUT2D eigenvalue weighted by molar-refractivity contribution is 0.0594. The minimum atomic E-state index is -0.534. The van der Waals surface area contributed by atoms with Gasteiger partial charge in [0.2, 0.25) is 5.95 Å². The minimum Gasteiger partial charge on any atom is -0.464 e. The summed E-state index contributed by atoms with van der Waals surface area (Å²) < 4.78 is 4.66. The fourth-order valence-electron chi connectivity index (χ4n) is 2.14. The summed E-state index contributed by atoms with van der Waals surface area (Å²) in [6, 6.07) is 8.61. The molecule has 8 nitrogen and oxygen atoms in total. The van der Waals surface area contributed by atoms with E-state index < -0.39 is 5.97 Å². The molecule has 0 bridgehead atoms. The fraction of sp³-hybridized carbons (Fsp3) is 0.118. The first-order valence-corrected chi connectivity index (χ1v) is 8.39. The topological polar surface area (TPSA) is 106 Å². The van der Waals surface area contributed by atoms with Gasteiger partial charge in [-0.1, -0.05) is 6.07 Å². The normalized spacial score (nSPS) is 10.2. The van der Waals surface area contributed by atoms with Crippen LogP contribution in [0.4, 0.5) is 16.8 Å². The Morgan fingerprint density at radius 1 is 1.15 bits per heavy atom. The van der Waals surface area contributed by atoms with Crippen molar-refractivity contribution >= 4 is 40.0 Å². The highest BCUT2D eigenvalue weighted by Gasteiger charge is 2.17. The van der Waals surface area contributed by atoms with E-state index in [-0.39, 0.29) is 11.6 Å². The molecule has 0 aliphatic rings. The summed E-state index contributed by atoms with van der Waals surface area (Å²) in [6.07, 6.45) is 3.24. The Morgan fingerprint density at radius 2 is 1.92 bits per heavy atom. The Balaban J connectivity index is 1.74. The van der Waals surface area contributed by atoms with Gasteiger partial charge in [-0.15, -0.1) is 11.3 Å². The number of nitrogens with one attached hydrogen (secondary N) is 2. The zero-order valence-electron chi connectivity index (χ0n) is 14.0. The summed E-state index contributed by atoms with van der Waals surface area (Å²) in [5.74, 6) is -0.440. The maximum absolute atomic E-state index is 12.5. The highest BCUT2D eigenvalue weighted by Crippen LogP contribution is 2.23. The molecule has 1 aromatic carbocycles. The molecule has 2 N–H and O–H groups in total. The molecule has 0 aliphatic heterocycles. The number of aryl methyl sites for hydroxylation is 1. The summed E-state index contributed by atoms with van der Waals surface area (Å²) in [6.45, 7) is 1.74. The van der Waals surface area contributed by atoms with Gasteiger partial charge in [0.1, 0.15) is 0 Å². The highest BCUT2D eigenvalue weighted by molar-refractivity contribution is 7.16. The molecule has 9 heteroatoms. The van der Waals surface area contributed by atoms with E-state index in [1.165, 1.54) is 18.4 Å². The molecule has 0 saturated heterocycles. The van der Waals surface area contributed by atoms with Crippen LogP contribution in [0.25, 0.3) is 0 Å². The van der Waals surface area contributed by atoms with E-state index in [1.54, 1.807) is 49.6 Å². The Labute approximate surface area is 153 Å². The first-order chi connectivity index (χ1) is 12.6. The molecule has 3 rings (SSSR count). The van der Waals surface area contributed by atoms with Crippen LogP contribution in [0.3, 0.4) is 0 Å². The molecule has 2 aromatic heterocycles. The number of methoxy groups -OCH3 is 1. The summed E-state index contributed by atoms with van der Waals surface area (Å²) in [4.78, 5) is 37.0. The predicted octanol–water partition coefficient (Wildman–Crippen LogP) is 3.02. The molecule has 0 spiro atoms. The van der Waals surface area contributed by atoms with Crippen LogP contribution in [0.5, 0.6) is 0 Å². The maximum Gasteiger partial charge on any atom is 0.357 e. The lowest BCUT2D eigenvalue weighted by Crippen LogP contribution is -2.12. The number of carbonyl (C=O) groups excluding carboxylic acids is 2. The van der Waals surface area contributed by atoms with Crippen molar-refractivity contribution in [2.24, 2.45) is 0 Å². The molecule has 132 valence electrons. The zero-order chi connectivity index (χ0) is 18.5. The van der Waals surface area contributed by atoms with Crippen molar-refractivity contribution in [3.8, 4) is 0 Å². The van der Waals surface area contributed by atoms with Crippen molar-refractivity contribution in [2.75, 3.05) is 17.7 Å². The van der Waals surface area contributed by atoms with Gasteiger partial charge in [0.15, 0.2) is 10.8 Å². The van der Waals surface area contributed by atoms with Crippen molar-refractivity contribution in [1.29, 1.82) is 0 Å². The fourth-order valence-corrected chi connectivity index (χ4v) is 2.93. The third kappa shape index (κ3) is 4.01. The SMILES string of the molecule is COC(=O)c1nc(NC(=O)c2cccc(Nc3ncccn3)c2)sc1C. The van der Waals surface area contributed by atoms with Crippen molar-refractivity contribution in [1.82, 2.24) is 15.0 Å². The quantitative estimate of drug-likeness (QED) is 0.666. The first kappa shape index (κ1) is 17.5. The van der Waals surface area contributed by atoms with E-state index in [0.29, 0.717) is 27.2 Å². The summed E-state index contributed by atoms with van der Waals surface area (Å²) in [5.41, 5.74) is 1.30. The van der Waals surface area contributed by atoms with E-state index in [1.807, 2.05) is 0 Å². The maximum atomic E-state index is 12.5.